The normalized spacial score (nSPS) is 16.7. The van der Waals surface area contributed by atoms with Gasteiger partial charge in [0.25, 0.3) is 5.91 Å². The molecule has 1 aliphatic rings. The lowest BCUT2D eigenvalue weighted by molar-refractivity contribution is -0.139. The Balaban J connectivity index is 1.49. The summed E-state index contributed by atoms with van der Waals surface area (Å²) in [5.41, 5.74) is 2.52. The Hall–Kier alpha value is -4.64. The Morgan fingerprint density at radius 3 is 2.77 bits per heavy atom. The second kappa shape index (κ2) is 12.7. The van der Waals surface area contributed by atoms with Crippen LogP contribution < -0.4 is 10.6 Å². The predicted octanol–water partition coefficient (Wildman–Crippen LogP) is 5.81. The van der Waals surface area contributed by atoms with Crippen LogP contribution in [0.4, 0.5) is 14.5 Å². The standard InChI is InChI=1S/C31H28ClF2N5O4/c1-17-5-3-7-24(37-31(42)20-15-36-39(16-20)26-8-4-6-23(32)28(26)33)22-13-19(14-35-29(22)34)21-10-9-18(12-27(40)43-2)11-25(21)38-30(17)41/h4,6,8-11,13-17,24H,3,5,7,12H2,1-2H3,(H,37,42)(H,38,41)/t17?,24-/m0/s1. The number of benzene rings is 2. The predicted molar refractivity (Wildman–Crippen MR) is 156 cm³/mol. The maximum absolute atomic E-state index is 15.3. The molecule has 0 fully saturated rings. The summed E-state index contributed by atoms with van der Waals surface area (Å²) >= 11 is 5.89. The molecular formula is C31H28ClF2N5O4. The molecule has 1 aliphatic heterocycles. The molecule has 2 aromatic carbocycles. The molecule has 0 saturated heterocycles. The number of amides is 2. The molecule has 9 nitrogen and oxygen atoms in total. The number of esters is 1. The molecular weight excluding hydrogens is 580 g/mol. The number of hydrogen-bond donors (Lipinski definition) is 2. The van der Waals surface area contributed by atoms with Gasteiger partial charge in [-0.15, -0.1) is 0 Å². The Labute approximate surface area is 251 Å². The molecule has 2 aromatic heterocycles. The molecule has 0 saturated carbocycles. The van der Waals surface area contributed by atoms with Crippen LogP contribution in [0.3, 0.4) is 0 Å². The quantitative estimate of drug-likeness (QED) is 0.219. The van der Waals surface area contributed by atoms with E-state index in [4.69, 9.17) is 16.3 Å². The monoisotopic (exact) mass is 607 g/mol. The van der Waals surface area contributed by atoms with E-state index in [0.717, 1.165) is 0 Å². The fourth-order valence-corrected chi connectivity index (χ4v) is 5.13. The van der Waals surface area contributed by atoms with Gasteiger partial charge in [0, 0.05) is 40.7 Å². The van der Waals surface area contributed by atoms with Crippen molar-refractivity contribution in [3.05, 3.63) is 94.5 Å². The van der Waals surface area contributed by atoms with Gasteiger partial charge in [0.05, 0.1) is 36.4 Å². The third-order valence-corrected chi connectivity index (χ3v) is 7.67. The Bertz CT molecular complexity index is 1710. The van der Waals surface area contributed by atoms with E-state index in [1.165, 1.54) is 42.5 Å². The van der Waals surface area contributed by atoms with Crippen molar-refractivity contribution in [3.8, 4) is 16.8 Å². The van der Waals surface area contributed by atoms with Crippen LogP contribution in [0.2, 0.25) is 5.02 Å². The largest absolute Gasteiger partial charge is 0.469 e. The molecule has 4 aromatic rings. The first kappa shape index (κ1) is 29.8. The summed E-state index contributed by atoms with van der Waals surface area (Å²) in [5, 5.41) is 9.83. The van der Waals surface area contributed by atoms with E-state index in [1.807, 2.05) is 0 Å². The van der Waals surface area contributed by atoms with Gasteiger partial charge in [0.2, 0.25) is 11.9 Å². The molecule has 2 bridgehead atoms. The number of fused-ring (bicyclic) bond motifs is 4. The number of ether oxygens (including phenoxy) is 1. The van der Waals surface area contributed by atoms with Crippen molar-refractivity contribution in [1.29, 1.82) is 0 Å². The number of aromatic nitrogens is 3. The molecule has 3 heterocycles. The molecule has 2 atom stereocenters. The van der Waals surface area contributed by atoms with Crippen molar-refractivity contribution in [1.82, 2.24) is 20.1 Å². The summed E-state index contributed by atoms with van der Waals surface area (Å²) in [5.74, 6) is -3.01. The van der Waals surface area contributed by atoms with Crippen LogP contribution in [-0.4, -0.2) is 39.7 Å². The summed E-state index contributed by atoms with van der Waals surface area (Å²) < 4.78 is 35.7. The average molecular weight is 608 g/mol. The van der Waals surface area contributed by atoms with Crippen LogP contribution in [0.15, 0.2) is 61.1 Å². The minimum Gasteiger partial charge on any atom is -0.469 e. The molecule has 0 spiro atoms. The lowest BCUT2D eigenvalue weighted by Gasteiger charge is -2.23. The Kier molecular flexibility index (Phi) is 8.81. The zero-order valence-electron chi connectivity index (χ0n) is 23.4. The van der Waals surface area contributed by atoms with Crippen LogP contribution in [0.25, 0.3) is 16.8 Å². The molecule has 12 heteroatoms. The van der Waals surface area contributed by atoms with Crippen LogP contribution in [0.1, 0.15) is 53.7 Å². The van der Waals surface area contributed by atoms with Gasteiger partial charge in [0.15, 0.2) is 5.82 Å². The number of nitrogens with one attached hydrogen (secondary N) is 2. The van der Waals surface area contributed by atoms with Crippen molar-refractivity contribution in [2.24, 2.45) is 5.92 Å². The maximum atomic E-state index is 15.3. The number of pyridine rings is 1. The van der Waals surface area contributed by atoms with Crippen LogP contribution in [0.5, 0.6) is 0 Å². The lowest BCUT2D eigenvalue weighted by atomic mass is 9.93. The minimum atomic E-state index is -0.789. The topological polar surface area (TPSA) is 115 Å². The Morgan fingerprint density at radius 1 is 1.16 bits per heavy atom. The van der Waals surface area contributed by atoms with Crippen molar-refractivity contribution in [2.75, 3.05) is 12.4 Å². The fourth-order valence-electron chi connectivity index (χ4n) is 4.96. The number of methoxy groups -OCH3 is 1. The highest BCUT2D eigenvalue weighted by molar-refractivity contribution is 6.30. The van der Waals surface area contributed by atoms with E-state index in [2.05, 4.69) is 20.7 Å². The molecule has 43 heavy (non-hydrogen) atoms. The highest BCUT2D eigenvalue weighted by Gasteiger charge is 2.25. The molecule has 5 rings (SSSR count). The third-order valence-electron chi connectivity index (χ3n) is 7.38. The number of nitrogens with zero attached hydrogens (tertiary/aromatic N) is 3. The number of carbonyl (C=O) groups excluding carboxylic acids is 3. The van der Waals surface area contributed by atoms with E-state index in [1.54, 1.807) is 37.3 Å². The lowest BCUT2D eigenvalue weighted by Crippen LogP contribution is -2.30. The molecule has 1 unspecified atom stereocenters. The van der Waals surface area contributed by atoms with Gasteiger partial charge in [-0.2, -0.15) is 9.49 Å². The number of carbonyl (C=O) groups is 3. The summed E-state index contributed by atoms with van der Waals surface area (Å²) in [6.07, 6.45) is 5.29. The second-order valence-electron chi connectivity index (χ2n) is 10.3. The minimum absolute atomic E-state index is 0.0107. The van der Waals surface area contributed by atoms with E-state index in [0.29, 0.717) is 41.6 Å². The first-order valence-corrected chi connectivity index (χ1v) is 14.0. The molecule has 2 N–H and O–H groups in total. The average Bonchev–Trinajstić information content (AvgIpc) is 3.48. The van der Waals surface area contributed by atoms with E-state index in [9.17, 15) is 18.8 Å². The zero-order valence-corrected chi connectivity index (χ0v) is 24.1. The van der Waals surface area contributed by atoms with Gasteiger partial charge in [-0.1, -0.05) is 43.1 Å². The van der Waals surface area contributed by atoms with Gasteiger partial charge in [0.1, 0.15) is 5.69 Å². The van der Waals surface area contributed by atoms with Crippen molar-refractivity contribution in [2.45, 2.75) is 38.6 Å². The van der Waals surface area contributed by atoms with Gasteiger partial charge in [-0.3, -0.25) is 14.4 Å². The second-order valence-corrected chi connectivity index (χ2v) is 10.7. The maximum Gasteiger partial charge on any atom is 0.309 e. The van der Waals surface area contributed by atoms with Crippen LogP contribution >= 0.6 is 11.6 Å². The summed E-state index contributed by atoms with van der Waals surface area (Å²) in [4.78, 5) is 42.2. The van der Waals surface area contributed by atoms with Crippen LogP contribution in [-0.2, 0) is 20.7 Å². The smallest absolute Gasteiger partial charge is 0.309 e. The summed E-state index contributed by atoms with van der Waals surface area (Å²) in [6.45, 7) is 1.79. The van der Waals surface area contributed by atoms with Crippen molar-refractivity contribution < 1.29 is 27.9 Å². The third kappa shape index (κ3) is 6.56. The molecule has 0 radical (unpaired) electrons. The van der Waals surface area contributed by atoms with Gasteiger partial charge in [-0.05, 0) is 42.7 Å². The van der Waals surface area contributed by atoms with E-state index < -0.39 is 29.7 Å². The summed E-state index contributed by atoms with van der Waals surface area (Å²) in [7, 11) is 1.30. The van der Waals surface area contributed by atoms with Gasteiger partial charge in [-0.25, -0.2) is 14.1 Å². The molecule has 222 valence electrons. The van der Waals surface area contributed by atoms with E-state index >= 15 is 4.39 Å². The number of hydrogen-bond acceptors (Lipinski definition) is 6. The van der Waals surface area contributed by atoms with Gasteiger partial charge < -0.3 is 15.4 Å². The first-order valence-electron chi connectivity index (χ1n) is 13.6. The van der Waals surface area contributed by atoms with Crippen molar-refractivity contribution in [3.63, 3.8) is 0 Å². The summed E-state index contributed by atoms with van der Waals surface area (Å²) in [6, 6.07) is 10.4. The van der Waals surface area contributed by atoms with E-state index in [-0.39, 0.29) is 40.1 Å². The zero-order chi connectivity index (χ0) is 30.7. The van der Waals surface area contributed by atoms with Gasteiger partial charge >= 0.3 is 5.97 Å². The number of halogens is 3. The van der Waals surface area contributed by atoms with Crippen molar-refractivity contribution >= 4 is 35.1 Å². The van der Waals surface area contributed by atoms with Crippen LogP contribution in [0, 0.1) is 17.7 Å². The Morgan fingerprint density at radius 2 is 1.98 bits per heavy atom. The highest BCUT2D eigenvalue weighted by Crippen LogP contribution is 2.34. The molecule has 2 amide bonds. The highest BCUT2D eigenvalue weighted by atomic mass is 35.5. The molecule has 0 aliphatic carbocycles. The first-order chi connectivity index (χ1) is 20.6. The fraction of sp³-hybridized carbons (Fsp3) is 0.258. The number of rotatable bonds is 5. The number of anilines is 1. The SMILES string of the molecule is COC(=O)Cc1ccc2c(c1)NC(=O)C(C)CCC[C@H](NC(=O)c1cnn(-c3cccc(Cl)c3F)c1)c1cc-2cnc1F.